The molecule has 3 aliphatic heterocycles. The van der Waals surface area contributed by atoms with Gasteiger partial charge in [0.15, 0.2) is 5.13 Å². The molecular weight excluding hydrogens is 553 g/mol. The Bertz CT molecular complexity index is 1720. The van der Waals surface area contributed by atoms with Gasteiger partial charge in [0.25, 0.3) is 0 Å². The number of nitrogens with zero attached hydrogens (tertiary/aromatic N) is 7. The van der Waals surface area contributed by atoms with Crippen molar-refractivity contribution in [3.63, 3.8) is 0 Å². The number of aromatic nitrogens is 3. The van der Waals surface area contributed by atoms with Gasteiger partial charge in [-0.15, -0.1) is 0 Å². The van der Waals surface area contributed by atoms with Crippen molar-refractivity contribution in [3.05, 3.63) is 58.5 Å². The first kappa shape index (κ1) is 26.9. The lowest BCUT2D eigenvalue weighted by molar-refractivity contribution is -0.149. The SMILES string of the molecule is CCc1nn2c(C)cc(N3CC4(CN(C(=O)[C@H]5CCOC5)C4)C3)cc2c1N(C)c1nc(-c2ccc(F)cc2)c(C#N)s1. The summed E-state index contributed by atoms with van der Waals surface area (Å²) >= 11 is 1.32. The van der Waals surface area contributed by atoms with Crippen LogP contribution < -0.4 is 9.80 Å². The number of thiazole rings is 1. The highest BCUT2D eigenvalue weighted by molar-refractivity contribution is 7.16. The lowest BCUT2D eigenvalue weighted by atomic mass is 9.72. The molecule has 4 aromatic rings. The van der Waals surface area contributed by atoms with E-state index in [1.165, 1.54) is 23.5 Å². The van der Waals surface area contributed by atoms with Crippen molar-refractivity contribution < 1.29 is 13.9 Å². The molecule has 216 valence electrons. The van der Waals surface area contributed by atoms with Crippen molar-refractivity contribution in [2.75, 3.05) is 56.2 Å². The van der Waals surface area contributed by atoms with E-state index in [0.717, 1.165) is 67.3 Å². The first-order valence-corrected chi connectivity index (χ1v) is 15.1. The number of nitriles is 1. The van der Waals surface area contributed by atoms with Crippen molar-refractivity contribution in [3.8, 4) is 17.3 Å². The average molecular weight is 586 g/mol. The van der Waals surface area contributed by atoms with Gasteiger partial charge in [-0.25, -0.2) is 13.9 Å². The second kappa shape index (κ2) is 10.1. The van der Waals surface area contributed by atoms with Gasteiger partial charge < -0.3 is 19.4 Å². The topological polar surface area (TPSA) is 90.0 Å². The molecular formula is C31H32FN7O2S. The predicted molar refractivity (Wildman–Crippen MR) is 160 cm³/mol. The van der Waals surface area contributed by atoms with Crippen LogP contribution in [-0.2, 0) is 16.0 Å². The number of hydrogen-bond donors (Lipinski definition) is 0. The highest BCUT2D eigenvalue weighted by Gasteiger charge is 2.54. The molecule has 3 fully saturated rings. The molecule has 0 saturated carbocycles. The van der Waals surface area contributed by atoms with Crippen molar-refractivity contribution >= 4 is 39.3 Å². The molecule has 3 aromatic heterocycles. The van der Waals surface area contributed by atoms with Crippen LogP contribution in [-0.4, -0.2) is 71.8 Å². The third kappa shape index (κ3) is 4.32. The Morgan fingerprint density at radius 2 is 2.00 bits per heavy atom. The van der Waals surface area contributed by atoms with Crippen LogP contribution in [0.3, 0.4) is 0 Å². The maximum Gasteiger partial charge on any atom is 0.228 e. The lowest BCUT2D eigenvalue weighted by Gasteiger charge is -2.61. The van der Waals surface area contributed by atoms with E-state index < -0.39 is 0 Å². The molecule has 1 aromatic carbocycles. The van der Waals surface area contributed by atoms with Crippen LogP contribution in [0.4, 0.5) is 20.9 Å². The van der Waals surface area contributed by atoms with Crippen LogP contribution in [0.15, 0.2) is 36.4 Å². The number of benzene rings is 1. The number of carbonyl (C=O) groups excluding carboxylic acids is 1. The van der Waals surface area contributed by atoms with Crippen molar-refractivity contribution in [1.82, 2.24) is 19.5 Å². The second-order valence-electron chi connectivity index (χ2n) is 11.8. The Morgan fingerprint density at radius 3 is 2.67 bits per heavy atom. The number of aryl methyl sites for hydroxylation is 2. The molecule has 11 heteroatoms. The fourth-order valence-corrected chi connectivity index (χ4v) is 7.44. The van der Waals surface area contributed by atoms with E-state index in [1.807, 2.05) is 21.4 Å². The first-order chi connectivity index (χ1) is 20.3. The number of carbonyl (C=O) groups is 1. The molecule has 7 rings (SSSR count). The quantitative estimate of drug-likeness (QED) is 0.321. The third-order valence-corrected chi connectivity index (χ3v) is 9.83. The summed E-state index contributed by atoms with van der Waals surface area (Å²) < 4.78 is 20.9. The van der Waals surface area contributed by atoms with Gasteiger partial charge >= 0.3 is 0 Å². The Balaban J connectivity index is 1.16. The highest BCUT2D eigenvalue weighted by Crippen LogP contribution is 2.44. The third-order valence-electron chi connectivity index (χ3n) is 8.79. The van der Waals surface area contributed by atoms with Gasteiger partial charge in [0.05, 0.1) is 29.4 Å². The first-order valence-electron chi connectivity index (χ1n) is 14.3. The molecule has 0 radical (unpaired) electrons. The molecule has 0 unspecified atom stereocenters. The predicted octanol–water partition coefficient (Wildman–Crippen LogP) is 4.79. The summed E-state index contributed by atoms with van der Waals surface area (Å²) in [6.45, 7) is 8.89. The summed E-state index contributed by atoms with van der Waals surface area (Å²) in [5.74, 6) is -0.0509. The molecule has 0 bridgehead atoms. The van der Waals surface area contributed by atoms with Crippen molar-refractivity contribution in [2.45, 2.75) is 26.7 Å². The smallest absolute Gasteiger partial charge is 0.228 e. The number of hydrogen-bond acceptors (Lipinski definition) is 8. The molecule has 3 saturated heterocycles. The zero-order valence-corrected chi connectivity index (χ0v) is 24.7. The van der Waals surface area contributed by atoms with Crippen LogP contribution in [0.1, 0.15) is 29.6 Å². The normalized spacial score (nSPS) is 19.2. The van der Waals surface area contributed by atoms with Crippen molar-refractivity contribution in [2.24, 2.45) is 11.3 Å². The van der Waals surface area contributed by atoms with Crippen LogP contribution in [0.2, 0.25) is 0 Å². The average Bonchev–Trinajstić information content (AvgIpc) is 3.70. The van der Waals surface area contributed by atoms with Gasteiger partial charge in [0, 0.05) is 62.2 Å². The summed E-state index contributed by atoms with van der Waals surface area (Å²) in [5.41, 5.74) is 6.49. The van der Waals surface area contributed by atoms with Crippen LogP contribution in [0, 0.1) is 35.4 Å². The number of ether oxygens (including phenoxy) is 1. The Morgan fingerprint density at radius 1 is 1.24 bits per heavy atom. The Kier molecular flexibility index (Phi) is 6.44. The number of anilines is 3. The molecule has 6 heterocycles. The summed E-state index contributed by atoms with van der Waals surface area (Å²) in [4.78, 5) is 24.5. The van der Waals surface area contributed by atoms with E-state index >= 15 is 0 Å². The van der Waals surface area contributed by atoms with E-state index in [0.29, 0.717) is 34.5 Å². The Labute approximate surface area is 247 Å². The molecule has 0 aliphatic carbocycles. The van der Waals surface area contributed by atoms with E-state index in [1.54, 1.807) is 12.1 Å². The summed E-state index contributed by atoms with van der Waals surface area (Å²) in [7, 11) is 1.96. The highest BCUT2D eigenvalue weighted by atomic mass is 32.1. The molecule has 0 N–H and O–H groups in total. The zero-order valence-electron chi connectivity index (χ0n) is 23.9. The standard InChI is InChI=1S/C31H32FN7O2S/c1-4-24-28(36(3)30-34-27(26(13-33)42-30)20-5-7-22(32)8-6-20)25-12-23(11-19(2)39(25)35-24)37-15-31(16-37)17-38(18-31)29(40)21-9-10-41-14-21/h5-8,11-12,21H,4,9-10,14-18H2,1-3H3/t21-/m0/s1. The summed E-state index contributed by atoms with van der Waals surface area (Å²) in [5, 5.41) is 15.5. The minimum absolute atomic E-state index is 0.0301. The fourth-order valence-electron chi connectivity index (χ4n) is 6.59. The van der Waals surface area contributed by atoms with Crippen LogP contribution in [0.25, 0.3) is 16.8 Å². The van der Waals surface area contributed by atoms with Crippen LogP contribution in [0.5, 0.6) is 0 Å². The minimum Gasteiger partial charge on any atom is -0.381 e. The van der Waals surface area contributed by atoms with Crippen LogP contribution >= 0.6 is 11.3 Å². The number of amides is 1. The number of rotatable bonds is 6. The minimum atomic E-state index is -0.328. The van der Waals surface area contributed by atoms with Gasteiger partial charge in [-0.2, -0.15) is 10.4 Å². The number of likely N-dealkylation sites (tertiary alicyclic amines) is 1. The summed E-state index contributed by atoms with van der Waals surface area (Å²) in [6.07, 6.45) is 1.57. The molecule has 1 amide bonds. The largest absolute Gasteiger partial charge is 0.381 e. The molecule has 42 heavy (non-hydrogen) atoms. The van der Waals surface area contributed by atoms with Gasteiger partial charge in [-0.05, 0) is 56.2 Å². The van der Waals surface area contributed by atoms with E-state index in [-0.39, 0.29) is 23.1 Å². The molecule has 1 spiro atoms. The second-order valence-corrected chi connectivity index (χ2v) is 12.7. The molecule has 9 nitrogen and oxygen atoms in total. The number of fused-ring (bicyclic) bond motifs is 1. The van der Waals surface area contributed by atoms with E-state index in [9.17, 15) is 14.4 Å². The van der Waals surface area contributed by atoms with Gasteiger partial charge in [-0.1, -0.05) is 18.3 Å². The Hall–Kier alpha value is -4.01. The van der Waals surface area contributed by atoms with Gasteiger partial charge in [-0.3, -0.25) is 4.79 Å². The molecule has 3 aliphatic rings. The monoisotopic (exact) mass is 585 g/mol. The number of halogens is 1. The van der Waals surface area contributed by atoms with E-state index in [4.69, 9.17) is 14.8 Å². The van der Waals surface area contributed by atoms with Gasteiger partial charge in [0.1, 0.15) is 22.5 Å². The number of pyridine rings is 1. The van der Waals surface area contributed by atoms with Crippen molar-refractivity contribution in [1.29, 1.82) is 5.26 Å². The van der Waals surface area contributed by atoms with E-state index in [2.05, 4.69) is 36.9 Å². The molecule has 1 atom stereocenters. The maximum atomic E-state index is 13.5. The fraction of sp³-hybridized carbons (Fsp3) is 0.419. The maximum absolute atomic E-state index is 13.5. The zero-order chi connectivity index (χ0) is 29.2. The summed E-state index contributed by atoms with van der Waals surface area (Å²) in [6, 6.07) is 12.7. The van der Waals surface area contributed by atoms with Gasteiger partial charge in [0.2, 0.25) is 5.91 Å². The lowest BCUT2D eigenvalue weighted by Crippen LogP contribution is -2.73.